The van der Waals surface area contributed by atoms with Crippen molar-refractivity contribution < 1.29 is 22.7 Å². The Hall–Kier alpha value is -0.820. The minimum atomic E-state index is -4.30. The maximum absolute atomic E-state index is 12.7. The lowest BCUT2D eigenvalue weighted by Crippen LogP contribution is -2.59. The van der Waals surface area contributed by atoms with Gasteiger partial charge in [0, 0.05) is 12.6 Å². The van der Waals surface area contributed by atoms with E-state index in [-0.39, 0.29) is 19.2 Å². The third-order valence-electron chi connectivity index (χ3n) is 3.12. The van der Waals surface area contributed by atoms with Crippen molar-refractivity contribution in [3.63, 3.8) is 0 Å². The third-order valence-corrected chi connectivity index (χ3v) is 3.12. The molecule has 0 aromatic heterocycles. The minimum Gasteiger partial charge on any atom is -0.465 e. The molecular formula is C14H27F3N2O2. The quantitative estimate of drug-likeness (QED) is 0.665. The Kier molecular flexibility index (Phi) is 8.25. The molecule has 0 spiro atoms. The molecule has 1 atom stereocenters. The number of halogens is 3. The van der Waals surface area contributed by atoms with Crippen molar-refractivity contribution in [3.8, 4) is 0 Å². The Morgan fingerprint density at radius 2 is 1.81 bits per heavy atom. The van der Waals surface area contributed by atoms with E-state index in [1.807, 2.05) is 6.92 Å². The standard InChI is InChI=1S/C14H27F3N2O2/c1-6-8-18-13(5,12(20)21-7-2)9-19(11(3)4)10-14(15,16)17/h11,18H,6-10H2,1-5H3. The summed E-state index contributed by atoms with van der Waals surface area (Å²) in [6.07, 6.45) is -3.53. The molecule has 0 aliphatic carbocycles. The van der Waals surface area contributed by atoms with Gasteiger partial charge in [-0.1, -0.05) is 6.92 Å². The Morgan fingerprint density at radius 3 is 2.19 bits per heavy atom. The first-order valence-corrected chi connectivity index (χ1v) is 7.28. The molecule has 0 aliphatic rings. The fourth-order valence-corrected chi connectivity index (χ4v) is 1.94. The second-order valence-corrected chi connectivity index (χ2v) is 5.59. The highest BCUT2D eigenvalue weighted by molar-refractivity contribution is 5.80. The molecule has 7 heteroatoms. The summed E-state index contributed by atoms with van der Waals surface area (Å²) < 4.78 is 43.0. The van der Waals surface area contributed by atoms with Crippen LogP contribution in [0, 0.1) is 0 Å². The number of esters is 1. The van der Waals surface area contributed by atoms with Gasteiger partial charge in [0.25, 0.3) is 0 Å². The average molecular weight is 312 g/mol. The number of alkyl halides is 3. The Morgan fingerprint density at radius 1 is 1.24 bits per heavy atom. The average Bonchev–Trinajstić information content (AvgIpc) is 2.34. The Bertz CT molecular complexity index is 322. The summed E-state index contributed by atoms with van der Waals surface area (Å²) in [5.41, 5.74) is -1.15. The molecule has 1 N–H and O–H groups in total. The normalized spacial score (nSPS) is 15.3. The van der Waals surface area contributed by atoms with Crippen LogP contribution >= 0.6 is 0 Å². The van der Waals surface area contributed by atoms with Crippen molar-refractivity contribution in [2.24, 2.45) is 0 Å². The van der Waals surface area contributed by atoms with Gasteiger partial charge in [-0.05, 0) is 40.7 Å². The molecular weight excluding hydrogens is 285 g/mol. The molecule has 0 radical (unpaired) electrons. The Balaban J connectivity index is 5.08. The highest BCUT2D eigenvalue weighted by atomic mass is 19.4. The molecule has 0 aliphatic heterocycles. The van der Waals surface area contributed by atoms with Gasteiger partial charge in [-0.2, -0.15) is 13.2 Å². The summed E-state index contributed by atoms with van der Waals surface area (Å²) in [6.45, 7) is 8.18. The second-order valence-electron chi connectivity index (χ2n) is 5.59. The van der Waals surface area contributed by atoms with Gasteiger partial charge in [-0.3, -0.25) is 9.69 Å². The summed E-state index contributed by atoms with van der Waals surface area (Å²) in [5.74, 6) is -0.522. The first kappa shape index (κ1) is 20.2. The molecule has 126 valence electrons. The van der Waals surface area contributed by atoms with Gasteiger partial charge in [0.1, 0.15) is 5.54 Å². The highest BCUT2D eigenvalue weighted by Crippen LogP contribution is 2.20. The molecule has 0 bridgehead atoms. The van der Waals surface area contributed by atoms with Gasteiger partial charge in [-0.15, -0.1) is 0 Å². The lowest BCUT2D eigenvalue weighted by Gasteiger charge is -2.36. The van der Waals surface area contributed by atoms with Crippen LogP contribution in [0.3, 0.4) is 0 Å². The van der Waals surface area contributed by atoms with Gasteiger partial charge in [0.05, 0.1) is 13.2 Å². The van der Waals surface area contributed by atoms with Crippen LogP contribution in [0.4, 0.5) is 13.2 Å². The van der Waals surface area contributed by atoms with Crippen molar-refractivity contribution in [2.75, 3.05) is 26.2 Å². The van der Waals surface area contributed by atoms with E-state index >= 15 is 0 Å². The van der Waals surface area contributed by atoms with Gasteiger partial charge in [0.2, 0.25) is 0 Å². The molecule has 1 unspecified atom stereocenters. The Labute approximate surface area is 125 Å². The van der Waals surface area contributed by atoms with Crippen LogP contribution in [-0.4, -0.2) is 54.9 Å². The van der Waals surface area contributed by atoms with Crippen molar-refractivity contribution in [3.05, 3.63) is 0 Å². The largest absolute Gasteiger partial charge is 0.465 e. The molecule has 0 saturated heterocycles. The number of carbonyl (C=O) groups excluding carboxylic acids is 1. The summed E-state index contributed by atoms with van der Waals surface area (Å²) in [7, 11) is 0. The van der Waals surface area contributed by atoms with E-state index in [0.717, 1.165) is 6.42 Å². The fraction of sp³-hybridized carbons (Fsp3) is 0.929. The van der Waals surface area contributed by atoms with Gasteiger partial charge >= 0.3 is 12.1 Å². The van der Waals surface area contributed by atoms with Crippen LogP contribution in [0.1, 0.15) is 41.0 Å². The van der Waals surface area contributed by atoms with Crippen LogP contribution in [-0.2, 0) is 9.53 Å². The lowest BCUT2D eigenvalue weighted by molar-refractivity contribution is -0.161. The summed E-state index contributed by atoms with van der Waals surface area (Å²) in [6, 6.07) is -0.330. The van der Waals surface area contributed by atoms with Crippen molar-refractivity contribution >= 4 is 5.97 Å². The monoisotopic (exact) mass is 312 g/mol. The van der Waals surface area contributed by atoms with Crippen LogP contribution in [0.25, 0.3) is 0 Å². The van der Waals surface area contributed by atoms with Gasteiger partial charge < -0.3 is 10.1 Å². The highest BCUT2D eigenvalue weighted by Gasteiger charge is 2.40. The predicted octanol–water partition coefficient (Wildman–Crippen LogP) is 2.58. The number of hydrogen-bond acceptors (Lipinski definition) is 4. The maximum Gasteiger partial charge on any atom is 0.401 e. The predicted molar refractivity (Wildman–Crippen MR) is 76.1 cm³/mol. The molecule has 0 aromatic rings. The number of nitrogens with one attached hydrogen (secondary N) is 1. The number of nitrogens with zero attached hydrogens (tertiary/aromatic N) is 1. The summed E-state index contributed by atoms with van der Waals surface area (Å²) >= 11 is 0. The van der Waals surface area contributed by atoms with E-state index in [4.69, 9.17) is 4.74 Å². The van der Waals surface area contributed by atoms with E-state index in [2.05, 4.69) is 5.32 Å². The van der Waals surface area contributed by atoms with E-state index in [9.17, 15) is 18.0 Å². The topological polar surface area (TPSA) is 41.6 Å². The number of hydrogen-bond donors (Lipinski definition) is 1. The minimum absolute atomic E-state index is 0.0526. The van der Waals surface area contributed by atoms with Crippen LogP contribution in [0.2, 0.25) is 0 Å². The first-order valence-electron chi connectivity index (χ1n) is 7.28. The van der Waals surface area contributed by atoms with E-state index in [1.54, 1.807) is 27.7 Å². The summed E-state index contributed by atoms with van der Waals surface area (Å²) in [4.78, 5) is 13.3. The zero-order valence-electron chi connectivity index (χ0n) is 13.5. The van der Waals surface area contributed by atoms with Crippen molar-refractivity contribution in [1.82, 2.24) is 10.2 Å². The van der Waals surface area contributed by atoms with E-state index in [0.29, 0.717) is 6.54 Å². The van der Waals surface area contributed by atoms with Crippen molar-refractivity contribution in [1.29, 1.82) is 0 Å². The van der Waals surface area contributed by atoms with Crippen molar-refractivity contribution in [2.45, 2.75) is 58.8 Å². The number of rotatable bonds is 9. The van der Waals surface area contributed by atoms with Gasteiger partial charge in [-0.25, -0.2) is 0 Å². The molecule has 21 heavy (non-hydrogen) atoms. The zero-order valence-corrected chi connectivity index (χ0v) is 13.5. The molecule has 0 fully saturated rings. The molecule has 4 nitrogen and oxygen atoms in total. The maximum atomic E-state index is 12.7. The van der Waals surface area contributed by atoms with E-state index < -0.39 is 24.2 Å². The second kappa shape index (κ2) is 8.58. The smallest absolute Gasteiger partial charge is 0.401 e. The molecule has 0 saturated carbocycles. The fourth-order valence-electron chi connectivity index (χ4n) is 1.94. The molecule has 0 aromatic carbocycles. The third kappa shape index (κ3) is 7.66. The molecule has 0 rings (SSSR count). The zero-order chi connectivity index (χ0) is 16.7. The van der Waals surface area contributed by atoms with Crippen LogP contribution in [0.15, 0.2) is 0 Å². The van der Waals surface area contributed by atoms with Crippen LogP contribution < -0.4 is 5.32 Å². The molecule has 0 amide bonds. The number of ether oxygens (including phenoxy) is 1. The van der Waals surface area contributed by atoms with E-state index in [1.165, 1.54) is 4.90 Å². The van der Waals surface area contributed by atoms with Gasteiger partial charge in [0.15, 0.2) is 0 Å². The SMILES string of the molecule is CCCNC(C)(CN(CC(F)(F)F)C(C)C)C(=O)OCC. The molecule has 0 heterocycles. The first-order chi connectivity index (χ1) is 9.55. The lowest BCUT2D eigenvalue weighted by atomic mass is 10.0. The summed E-state index contributed by atoms with van der Waals surface area (Å²) in [5, 5.41) is 3.02. The van der Waals surface area contributed by atoms with Crippen LogP contribution in [0.5, 0.6) is 0 Å². The number of carbonyl (C=O) groups is 1.